The Morgan fingerprint density at radius 3 is 2.91 bits per heavy atom. The molecule has 1 amide bonds. The Kier molecular flexibility index (Phi) is 6.44. The number of hydrogen-bond donors (Lipinski definition) is 1. The fraction of sp³-hybridized carbons (Fsp3) is 0.375. The van der Waals surface area contributed by atoms with Crippen LogP contribution < -0.4 is 4.74 Å². The van der Waals surface area contributed by atoms with Gasteiger partial charge in [-0.3, -0.25) is 9.69 Å². The normalized spacial score (nSPS) is 16.4. The fourth-order valence-electron chi connectivity index (χ4n) is 2.10. The predicted octanol–water partition coefficient (Wildman–Crippen LogP) is 3.03. The minimum Gasteiger partial charge on any atom is -0.504 e. The van der Waals surface area contributed by atoms with Crippen LogP contribution in [0.15, 0.2) is 23.1 Å². The largest absolute Gasteiger partial charge is 0.504 e. The molecule has 0 bridgehead atoms. The van der Waals surface area contributed by atoms with E-state index >= 15 is 0 Å². The van der Waals surface area contributed by atoms with Gasteiger partial charge in [0.15, 0.2) is 11.5 Å². The number of phenols is 1. The lowest BCUT2D eigenvalue weighted by Crippen LogP contribution is -2.29. The lowest BCUT2D eigenvalue weighted by Gasteiger charge is -2.13. The molecule has 124 valence electrons. The second-order valence-electron chi connectivity index (χ2n) is 4.84. The first-order valence-corrected chi connectivity index (χ1v) is 8.49. The maximum Gasteiger partial charge on any atom is 0.266 e. The van der Waals surface area contributed by atoms with Crippen LogP contribution in [0.5, 0.6) is 11.5 Å². The Labute approximate surface area is 145 Å². The Bertz CT molecular complexity index is 631. The van der Waals surface area contributed by atoms with E-state index in [0.29, 0.717) is 34.7 Å². The number of thioether (sulfide) groups is 1. The summed E-state index contributed by atoms with van der Waals surface area (Å²) in [7, 11) is 1.63. The van der Waals surface area contributed by atoms with Crippen LogP contribution in [-0.4, -0.2) is 47.1 Å². The molecule has 7 heteroatoms. The Morgan fingerprint density at radius 2 is 2.22 bits per heavy atom. The summed E-state index contributed by atoms with van der Waals surface area (Å²) in [6, 6.07) is 4.99. The molecule has 1 aromatic carbocycles. The zero-order chi connectivity index (χ0) is 16.8. The summed E-state index contributed by atoms with van der Waals surface area (Å²) >= 11 is 6.55. The summed E-state index contributed by atoms with van der Waals surface area (Å²) in [6.07, 6.45) is 2.50. The molecule has 1 saturated heterocycles. The summed E-state index contributed by atoms with van der Waals surface area (Å²) in [5.41, 5.74) is 0.781. The van der Waals surface area contributed by atoms with Crippen molar-refractivity contribution in [1.29, 1.82) is 0 Å². The molecule has 23 heavy (non-hydrogen) atoms. The number of methoxy groups -OCH3 is 1. The van der Waals surface area contributed by atoms with E-state index in [1.54, 1.807) is 36.3 Å². The maximum absolute atomic E-state index is 12.4. The van der Waals surface area contributed by atoms with Crippen LogP contribution >= 0.6 is 24.0 Å². The summed E-state index contributed by atoms with van der Waals surface area (Å²) in [5.74, 6) is 0.384. The summed E-state index contributed by atoms with van der Waals surface area (Å²) < 4.78 is 10.9. The molecule has 1 aromatic rings. The van der Waals surface area contributed by atoms with Gasteiger partial charge < -0.3 is 14.6 Å². The van der Waals surface area contributed by atoms with Crippen molar-refractivity contribution < 1.29 is 19.4 Å². The van der Waals surface area contributed by atoms with E-state index in [2.05, 4.69) is 0 Å². The first-order chi connectivity index (χ1) is 11.1. The van der Waals surface area contributed by atoms with E-state index in [0.717, 1.165) is 12.0 Å². The molecule has 0 atom stereocenters. The van der Waals surface area contributed by atoms with Gasteiger partial charge in [-0.05, 0) is 37.1 Å². The number of phenolic OH excluding ortho intramolecular Hbond substituents is 1. The second-order valence-corrected chi connectivity index (χ2v) is 6.52. The van der Waals surface area contributed by atoms with Crippen LogP contribution in [-0.2, 0) is 9.53 Å². The van der Waals surface area contributed by atoms with Gasteiger partial charge in [-0.15, -0.1) is 0 Å². The topological polar surface area (TPSA) is 59.0 Å². The lowest BCUT2D eigenvalue weighted by atomic mass is 10.2. The Balaban J connectivity index is 2.15. The molecule has 0 aromatic heterocycles. The number of carbonyl (C=O) groups excluding carboxylic acids is 1. The summed E-state index contributed by atoms with van der Waals surface area (Å²) in [6.45, 7) is 3.44. The van der Waals surface area contributed by atoms with E-state index < -0.39 is 0 Å². The van der Waals surface area contributed by atoms with Crippen molar-refractivity contribution in [2.45, 2.75) is 13.3 Å². The molecule has 1 heterocycles. The highest BCUT2D eigenvalue weighted by Gasteiger charge is 2.31. The van der Waals surface area contributed by atoms with Crippen LogP contribution in [0.3, 0.4) is 0 Å². The highest BCUT2D eigenvalue weighted by atomic mass is 32.2. The quantitative estimate of drug-likeness (QED) is 0.462. The van der Waals surface area contributed by atoms with Crippen molar-refractivity contribution in [1.82, 2.24) is 4.90 Å². The molecule has 0 aliphatic carbocycles. The zero-order valence-corrected chi connectivity index (χ0v) is 14.7. The molecule has 1 aliphatic rings. The highest BCUT2D eigenvalue weighted by Crippen LogP contribution is 2.34. The number of carbonyl (C=O) groups is 1. The van der Waals surface area contributed by atoms with Gasteiger partial charge in [0.1, 0.15) is 4.32 Å². The molecule has 1 aliphatic heterocycles. The standard InChI is InChI=1S/C16H19NO4S2/c1-3-21-13-9-11(5-6-12(13)18)10-14-15(19)17(16(22)23-14)7-4-8-20-2/h5-6,9-10,18H,3-4,7-8H2,1-2H3/b14-10+. The third-order valence-electron chi connectivity index (χ3n) is 3.19. The summed E-state index contributed by atoms with van der Waals surface area (Å²) in [5, 5.41) is 9.72. The Morgan fingerprint density at radius 1 is 1.43 bits per heavy atom. The molecule has 2 rings (SSSR count). The van der Waals surface area contributed by atoms with Gasteiger partial charge in [0.2, 0.25) is 0 Å². The summed E-state index contributed by atoms with van der Waals surface area (Å²) in [4.78, 5) is 14.6. The molecule has 1 fully saturated rings. The first-order valence-electron chi connectivity index (χ1n) is 7.27. The van der Waals surface area contributed by atoms with Crippen molar-refractivity contribution in [2.24, 2.45) is 0 Å². The van der Waals surface area contributed by atoms with Crippen LogP contribution in [0.2, 0.25) is 0 Å². The van der Waals surface area contributed by atoms with E-state index in [4.69, 9.17) is 21.7 Å². The molecule has 0 radical (unpaired) electrons. The van der Waals surface area contributed by atoms with Gasteiger partial charge in [0.25, 0.3) is 5.91 Å². The highest BCUT2D eigenvalue weighted by molar-refractivity contribution is 8.26. The number of nitrogens with zero attached hydrogens (tertiary/aromatic N) is 1. The van der Waals surface area contributed by atoms with Crippen molar-refractivity contribution in [3.05, 3.63) is 28.7 Å². The number of amides is 1. The zero-order valence-electron chi connectivity index (χ0n) is 13.1. The van der Waals surface area contributed by atoms with Crippen LogP contribution in [0.1, 0.15) is 18.9 Å². The van der Waals surface area contributed by atoms with Crippen LogP contribution in [0, 0.1) is 0 Å². The minimum atomic E-state index is -0.0952. The third-order valence-corrected chi connectivity index (χ3v) is 4.56. The van der Waals surface area contributed by atoms with Crippen molar-refractivity contribution in [2.75, 3.05) is 26.9 Å². The molecule has 0 unspecified atom stereocenters. The van der Waals surface area contributed by atoms with E-state index in [1.807, 2.05) is 6.92 Å². The van der Waals surface area contributed by atoms with Crippen molar-refractivity contribution in [3.63, 3.8) is 0 Å². The molecule has 1 N–H and O–H groups in total. The smallest absolute Gasteiger partial charge is 0.266 e. The average Bonchev–Trinajstić information content (AvgIpc) is 2.78. The predicted molar refractivity (Wildman–Crippen MR) is 95.6 cm³/mol. The third kappa shape index (κ3) is 4.46. The number of ether oxygens (including phenoxy) is 2. The average molecular weight is 353 g/mol. The first kappa shape index (κ1) is 17.8. The Hall–Kier alpha value is -1.57. The van der Waals surface area contributed by atoms with Gasteiger partial charge in [-0.1, -0.05) is 30.0 Å². The van der Waals surface area contributed by atoms with Gasteiger partial charge in [-0.25, -0.2) is 0 Å². The van der Waals surface area contributed by atoms with Gasteiger partial charge in [-0.2, -0.15) is 0 Å². The van der Waals surface area contributed by atoms with Gasteiger partial charge >= 0.3 is 0 Å². The molecule has 5 nitrogen and oxygen atoms in total. The van der Waals surface area contributed by atoms with Crippen molar-refractivity contribution >= 4 is 40.3 Å². The monoisotopic (exact) mass is 353 g/mol. The number of benzene rings is 1. The molecular weight excluding hydrogens is 334 g/mol. The van der Waals surface area contributed by atoms with E-state index in [1.165, 1.54) is 11.8 Å². The number of hydrogen-bond acceptors (Lipinski definition) is 6. The number of aromatic hydroxyl groups is 1. The SMILES string of the molecule is CCOc1cc(/C=C2/SC(=S)N(CCCOC)C2=O)ccc1O. The van der Waals surface area contributed by atoms with Crippen LogP contribution in [0.4, 0.5) is 0 Å². The van der Waals surface area contributed by atoms with Crippen LogP contribution in [0.25, 0.3) is 6.08 Å². The van der Waals surface area contributed by atoms with Gasteiger partial charge in [0, 0.05) is 20.3 Å². The lowest BCUT2D eigenvalue weighted by molar-refractivity contribution is -0.122. The maximum atomic E-state index is 12.4. The minimum absolute atomic E-state index is 0.0797. The number of thiocarbonyl (C=S) groups is 1. The fourth-order valence-corrected chi connectivity index (χ4v) is 3.41. The number of rotatable bonds is 7. The van der Waals surface area contributed by atoms with E-state index in [-0.39, 0.29) is 11.7 Å². The van der Waals surface area contributed by atoms with Crippen molar-refractivity contribution in [3.8, 4) is 11.5 Å². The molecular formula is C16H19NO4S2. The second kappa shape index (κ2) is 8.33. The molecule has 0 spiro atoms. The molecule has 0 saturated carbocycles. The van der Waals surface area contributed by atoms with Gasteiger partial charge in [0.05, 0.1) is 11.5 Å². The van der Waals surface area contributed by atoms with E-state index in [9.17, 15) is 9.90 Å².